The second-order valence-corrected chi connectivity index (χ2v) is 11.9. The van der Waals surface area contributed by atoms with Gasteiger partial charge in [0.1, 0.15) is 12.4 Å². The Hall–Kier alpha value is -1.04. The van der Waals surface area contributed by atoms with E-state index in [1.54, 1.807) is 0 Å². The third kappa shape index (κ3) is 24.0. The minimum atomic E-state index is -0.441. The average molecular weight is 557 g/mol. The SMILES string of the molecule is CCCCCCCCC(CCCCCCCC)OC(=O)C(CC=O)CSCCC(=O)OCCCCCCC. The van der Waals surface area contributed by atoms with Gasteiger partial charge >= 0.3 is 11.9 Å². The minimum absolute atomic E-state index is 0.0497. The van der Waals surface area contributed by atoms with Crippen LogP contribution in [0, 0.1) is 5.92 Å². The zero-order valence-electron chi connectivity index (χ0n) is 25.2. The van der Waals surface area contributed by atoms with E-state index in [4.69, 9.17) is 9.47 Å². The number of esters is 2. The highest BCUT2D eigenvalue weighted by Crippen LogP contribution is 2.21. The van der Waals surface area contributed by atoms with E-state index in [-0.39, 0.29) is 24.5 Å². The Morgan fingerprint density at radius 1 is 0.711 bits per heavy atom. The molecule has 0 aliphatic heterocycles. The van der Waals surface area contributed by atoms with E-state index in [1.807, 2.05) is 0 Å². The lowest BCUT2D eigenvalue weighted by Crippen LogP contribution is -2.26. The molecule has 0 heterocycles. The summed E-state index contributed by atoms with van der Waals surface area (Å²) in [6.45, 7) is 7.13. The molecule has 0 radical (unpaired) electrons. The van der Waals surface area contributed by atoms with Crippen molar-refractivity contribution < 1.29 is 23.9 Å². The maximum Gasteiger partial charge on any atom is 0.310 e. The van der Waals surface area contributed by atoms with Crippen molar-refractivity contribution in [2.45, 2.75) is 162 Å². The van der Waals surface area contributed by atoms with Crippen LogP contribution in [0.3, 0.4) is 0 Å². The standard InChI is InChI=1S/C32H60O5S/c1-4-7-10-13-15-18-21-30(22-19-16-14-11-8-5-2)37-32(35)29(23-25-33)28-38-27-24-31(34)36-26-20-17-12-9-6-3/h25,29-30H,4-24,26-28H2,1-3H3. The Kier molecular flexibility index (Phi) is 28.2. The summed E-state index contributed by atoms with van der Waals surface area (Å²) in [6.07, 6.45) is 23.4. The number of carbonyl (C=O) groups excluding carboxylic acids is 3. The average Bonchev–Trinajstić information content (AvgIpc) is 2.91. The van der Waals surface area contributed by atoms with Crippen LogP contribution in [0.5, 0.6) is 0 Å². The van der Waals surface area contributed by atoms with Gasteiger partial charge in [-0.25, -0.2) is 0 Å². The van der Waals surface area contributed by atoms with Crippen LogP contribution in [0.1, 0.15) is 156 Å². The van der Waals surface area contributed by atoms with Crippen molar-refractivity contribution in [1.29, 1.82) is 0 Å². The number of unbranched alkanes of at least 4 members (excludes halogenated alkanes) is 14. The van der Waals surface area contributed by atoms with E-state index >= 15 is 0 Å². The Bertz CT molecular complexity index is 538. The summed E-state index contributed by atoms with van der Waals surface area (Å²) in [5, 5.41) is 0. The van der Waals surface area contributed by atoms with Crippen molar-refractivity contribution >= 4 is 30.0 Å². The molecule has 0 aromatic carbocycles. The summed E-state index contributed by atoms with van der Waals surface area (Å²) in [5.41, 5.74) is 0. The molecular weight excluding hydrogens is 496 g/mol. The fraction of sp³-hybridized carbons (Fsp3) is 0.906. The van der Waals surface area contributed by atoms with E-state index in [2.05, 4.69) is 20.8 Å². The fourth-order valence-corrected chi connectivity index (χ4v) is 5.56. The largest absolute Gasteiger partial charge is 0.466 e. The van der Waals surface area contributed by atoms with Crippen LogP contribution < -0.4 is 0 Å². The molecule has 0 aromatic heterocycles. The van der Waals surface area contributed by atoms with Crippen LogP contribution in [0.25, 0.3) is 0 Å². The molecule has 38 heavy (non-hydrogen) atoms. The van der Waals surface area contributed by atoms with Crippen molar-refractivity contribution in [2.24, 2.45) is 5.92 Å². The Morgan fingerprint density at radius 2 is 1.21 bits per heavy atom. The molecular formula is C32H60O5S. The van der Waals surface area contributed by atoms with Crippen LogP contribution in [-0.4, -0.2) is 42.4 Å². The number of hydrogen-bond donors (Lipinski definition) is 0. The summed E-state index contributed by atoms with van der Waals surface area (Å²) in [7, 11) is 0. The summed E-state index contributed by atoms with van der Waals surface area (Å²) in [5.74, 6) is 0.226. The van der Waals surface area contributed by atoms with Crippen LogP contribution in [-0.2, 0) is 23.9 Å². The van der Waals surface area contributed by atoms with Gasteiger partial charge in [0.25, 0.3) is 0 Å². The fourth-order valence-electron chi connectivity index (χ4n) is 4.52. The van der Waals surface area contributed by atoms with Crippen LogP contribution in [0.4, 0.5) is 0 Å². The van der Waals surface area contributed by atoms with E-state index < -0.39 is 5.92 Å². The molecule has 0 rings (SSSR count). The lowest BCUT2D eigenvalue weighted by Gasteiger charge is -2.21. The molecule has 0 spiro atoms. The van der Waals surface area contributed by atoms with Gasteiger partial charge in [-0.05, 0) is 32.1 Å². The highest BCUT2D eigenvalue weighted by molar-refractivity contribution is 7.99. The Labute approximate surface area is 239 Å². The highest BCUT2D eigenvalue weighted by Gasteiger charge is 2.23. The zero-order chi connectivity index (χ0) is 28.1. The number of ether oxygens (including phenoxy) is 2. The van der Waals surface area contributed by atoms with Crippen LogP contribution in [0.15, 0.2) is 0 Å². The van der Waals surface area contributed by atoms with Gasteiger partial charge in [0, 0.05) is 17.9 Å². The first-order valence-corrected chi connectivity index (χ1v) is 17.1. The molecule has 1 unspecified atom stereocenters. The summed E-state index contributed by atoms with van der Waals surface area (Å²) in [4.78, 5) is 36.2. The first-order valence-electron chi connectivity index (χ1n) is 16.0. The molecule has 1 atom stereocenters. The van der Waals surface area contributed by atoms with E-state index in [1.165, 1.54) is 95.2 Å². The van der Waals surface area contributed by atoms with Crippen molar-refractivity contribution in [3.63, 3.8) is 0 Å². The summed E-state index contributed by atoms with van der Waals surface area (Å²) in [6, 6.07) is 0. The predicted octanol–water partition coefficient (Wildman–Crippen LogP) is 9.24. The molecule has 0 fully saturated rings. The van der Waals surface area contributed by atoms with Gasteiger partial charge in [-0.1, -0.05) is 111 Å². The number of hydrogen-bond acceptors (Lipinski definition) is 6. The van der Waals surface area contributed by atoms with Crippen molar-refractivity contribution in [3.05, 3.63) is 0 Å². The minimum Gasteiger partial charge on any atom is -0.466 e. The number of rotatable bonds is 29. The molecule has 0 saturated carbocycles. The first kappa shape index (κ1) is 37.0. The van der Waals surface area contributed by atoms with E-state index in [0.29, 0.717) is 24.5 Å². The first-order chi connectivity index (χ1) is 18.6. The molecule has 6 heteroatoms. The van der Waals surface area contributed by atoms with Crippen LogP contribution in [0.2, 0.25) is 0 Å². The second-order valence-electron chi connectivity index (χ2n) is 10.7. The molecule has 0 saturated heterocycles. The second kappa shape index (κ2) is 29.0. The quantitative estimate of drug-likeness (QED) is 0.0519. The van der Waals surface area contributed by atoms with E-state index in [9.17, 15) is 14.4 Å². The highest BCUT2D eigenvalue weighted by atomic mass is 32.2. The number of thioether (sulfide) groups is 1. The molecule has 0 amide bonds. The monoisotopic (exact) mass is 556 g/mol. The topological polar surface area (TPSA) is 69.7 Å². The third-order valence-corrected chi connectivity index (χ3v) is 8.17. The molecule has 5 nitrogen and oxygen atoms in total. The molecule has 0 aliphatic carbocycles. The van der Waals surface area contributed by atoms with Gasteiger partial charge in [-0.3, -0.25) is 9.59 Å². The maximum absolute atomic E-state index is 13.0. The van der Waals surface area contributed by atoms with Gasteiger partial charge in [0.15, 0.2) is 0 Å². The van der Waals surface area contributed by atoms with Crippen molar-refractivity contribution in [1.82, 2.24) is 0 Å². The predicted molar refractivity (Wildman–Crippen MR) is 162 cm³/mol. The Balaban J connectivity index is 4.45. The van der Waals surface area contributed by atoms with Gasteiger partial charge in [0.05, 0.1) is 18.9 Å². The molecule has 0 bridgehead atoms. The van der Waals surface area contributed by atoms with Gasteiger partial charge in [0.2, 0.25) is 0 Å². The van der Waals surface area contributed by atoms with Crippen LogP contribution >= 0.6 is 11.8 Å². The smallest absolute Gasteiger partial charge is 0.310 e. The third-order valence-electron chi connectivity index (χ3n) is 7.04. The molecule has 0 aromatic rings. The van der Waals surface area contributed by atoms with Gasteiger partial charge in [-0.15, -0.1) is 0 Å². The summed E-state index contributed by atoms with van der Waals surface area (Å²) >= 11 is 1.53. The van der Waals surface area contributed by atoms with E-state index in [0.717, 1.165) is 44.8 Å². The normalized spacial score (nSPS) is 12.0. The lowest BCUT2D eigenvalue weighted by molar-refractivity contribution is -0.154. The number of aldehydes is 1. The lowest BCUT2D eigenvalue weighted by atomic mass is 10.0. The van der Waals surface area contributed by atoms with Crippen molar-refractivity contribution in [2.75, 3.05) is 18.1 Å². The molecule has 0 N–H and O–H groups in total. The number of carbonyl (C=O) groups is 3. The molecule has 224 valence electrons. The zero-order valence-corrected chi connectivity index (χ0v) is 26.0. The maximum atomic E-state index is 13.0. The molecule has 0 aliphatic rings. The van der Waals surface area contributed by atoms with Gasteiger partial charge < -0.3 is 14.3 Å². The van der Waals surface area contributed by atoms with Gasteiger partial charge in [-0.2, -0.15) is 11.8 Å². The summed E-state index contributed by atoms with van der Waals surface area (Å²) < 4.78 is 11.3. The van der Waals surface area contributed by atoms with Crippen molar-refractivity contribution in [3.8, 4) is 0 Å². The Morgan fingerprint density at radius 3 is 1.74 bits per heavy atom.